The van der Waals surface area contributed by atoms with Crippen molar-refractivity contribution in [3.63, 3.8) is 0 Å². The summed E-state index contributed by atoms with van der Waals surface area (Å²) in [5.41, 5.74) is 0.832. The molecule has 0 aliphatic carbocycles. The van der Waals surface area contributed by atoms with Crippen LogP contribution in [0.25, 0.3) is 0 Å². The summed E-state index contributed by atoms with van der Waals surface area (Å²) in [7, 11) is -3.52. The summed E-state index contributed by atoms with van der Waals surface area (Å²) < 4.78 is 32.0. The summed E-state index contributed by atoms with van der Waals surface area (Å²) in [6.45, 7) is 5.04. The Bertz CT molecular complexity index is 835. The van der Waals surface area contributed by atoms with Gasteiger partial charge >= 0.3 is 0 Å². The van der Waals surface area contributed by atoms with Gasteiger partial charge in [0.05, 0.1) is 24.0 Å². The normalized spacial score (nSPS) is 20.7. The van der Waals surface area contributed by atoms with Gasteiger partial charge in [-0.05, 0) is 37.0 Å². The van der Waals surface area contributed by atoms with Gasteiger partial charge in [-0.1, -0.05) is 19.1 Å². The highest BCUT2D eigenvalue weighted by atomic mass is 32.2. The maximum Gasteiger partial charge on any atom is 0.243 e. The van der Waals surface area contributed by atoms with E-state index < -0.39 is 10.0 Å². The van der Waals surface area contributed by atoms with Gasteiger partial charge < -0.3 is 15.0 Å². The fraction of sp³-hybridized carbons (Fsp3) is 0.619. The first-order valence-corrected chi connectivity index (χ1v) is 12.1. The molecule has 1 atom stereocenters. The summed E-state index contributed by atoms with van der Waals surface area (Å²) in [6.07, 6.45) is 2.94. The Kier molecular flexibility index (Phi) is 7.85. The topological polar surface area (TPSA) is 96.0 Å². The molecule has 9 heteroatoms. The van der Waals surface area contributed by atoms with E-state index in [1.54, 1.807) is 29.2 Å². The van der Waals surface area contributed by atoms with Crippen LogP contribution in [-0.2, 0) is 30.9 Å². The van der Waals surface area contributed by atoms with Gasteiger partial charge in [-0.3, -0.25) is 9.59 Å². The first-order valence-electron chi connectivity index (χ1n) is 10.6. The van der Waals surface area contributed by atoms with Crippen molar-refractivity contribution in [3.8, 4) is 0 Å². The zero-order valence-electron chi connectivity index (χ0n) is 17.5. The molecule has 0 bridgehead atoms. The van der Waals surface area contributed by atoms with Gasteiger partial charge in [-0.2, -0.15) is 4.31 Å². The van der Waals surface area contributed by atoms with Crippen LogP contribution in [-0.4, -0.2) is 68.8 Å². The molecule has 166 valence electrons. The molecular weight excluding hydrogens is 406 g/mol. The fourth-order valence-electron chi connectivity index (χ4n) is 3.84. The molecule has 1 N–H and O–H groups in total. The van der Waals surface area contributed by atoms with Crippen LogP contribution in [0, 0.1) is 5.92 Å². The minimum absolute atomic E-state index is 0.0611. The standard InChI is InChI=1S/C21H31N3O5S/c1-2-4-20(25)23-10-3-5-18(16-23)21(26)22-15-17-6-8-19(9-7-17)30(27,28)24-11-13-29-14-12-24/h6-9,18H,2-5,10-16H2,1H3,(H,22,26). The number of nitrogens with zero attached hydrogens (tertiary/aromatic N) is 2. The van der Waals surface area contributed by atoms with E-state index in [1.807, 2.05) is 6.92 Å². The molecule has 0 saturated carbocycles. The lowest BCUT2D eigenvalue weighted by atomic mass is 9.96. The molecule has 2 aliphatic heterocycles. The monoisotopic (exact) mass is 437 g/mol. The van der Waals surface area contributed by atoms with Crippen molar-refractivity contribution in [1.82, 2.24) is 14.5 Å². The van der Waals surface area contributed by atoms with Crippen LogP contribution in [0.15, 0.2) is 29.2 Å². The van der Waals surface area contributed by atoms with Crippen LogP contribution in [0.5, 0.6) is 0 Å². The van der Waals surface area contributed by atoms with Crippen molar-refractivity contribution in [2.24, 2.45) is 5.92 Å². The summed E-state index contributed by atoms with van der Waals surface area (Å²) in [4.78, 5) is 26.7. The van der Waals surface area contributed by atoms with Gasteiger partial charge in [0.25, 0.3) is 0 Å². The van der Waals surface area contributed by atoms with E-state index in [9.17, 15) is 18.0 Å². The number of ether oxygens (including phenoxy) is 1. The fourth-order valence-corrected chi connectivity index (χ4v) is 5.25. The van der Waals surface area contributed by atoms with Gasteiger partial charge in [-0.25, -0.2) is 8.42 Å². The highest BCUT2D eigenvalue weighted by Gasteiger charge is 2.28. The van der Waals surface area contributed by atoms with Crippen molar-refractivity contribution < 1.29 is 22.7 Å². The number of sulfonamides is 1. The number of hydrogen-bond acceptors (Lipinski definition) is 5. The summed E-state index contributed by atoms with van der Waals surface area (Å²) in [6, 6.07) is 6.62. The molecule has 1 unspecified atom stereocenters. The second-order valence-corrected chi connectivity index (χ2v) is 9.75. The Morgan fingerprint density at radius 1 is 1.13 bits per heavy atom. The molecule has 1 aromatic carbocycles. The number of piperidine rings is 1. The maximum absolute atomic E-state index is 12.7. The average molecular weight is 438 g/mol. The van der Waals surface area contributed by atoms with Crippen molar-refractivity contribution in [3.05, 3.63) is 29.8 Å². The molecule has 3 rings (SSSR count). The van der Waals surface area contributed by atoms with E-state index in [1.165, 1.54) is 4.31 Å². The van der Waals surface area contributed by atoms with E-state index in [-0.39, 0.29) is 22.6 Å². The average Bonchev–Trinajstić information content (AvgIpc) is 2.78. The van der Waals surface area contributed by atoms with Crippen LogP contribution >= 0.6 is 0 Å². The predicted molar refractivity (Wildman–Crippen MR) is 112 cm³/mol. The molecule has 2 heterocycles. The number of carbonyl (C=O) groups is 2. The zero-order valence-corrected chi connectivity index (χ0v) is 18.3. The summed E-state index contributed by atoms with van der Waals surface area (Å²) in [5, 5.41) is 2.93. The molecule has 2 aliphatic rings. The minimum Gasteiger partial charge on any atom is -0.379 e. The maximum atomic E-state index is 12.7. The first kappa shape index (κ1) is 22.7. The van der Waals surface area contributed by atoms with Gasteiger partial charge in [0, 0.05) is 39.1 Å². The molecule has 2 amide bonds. The van der Waals surface area contributed by atoms with E-state index in [2.05, 4.69) is 5.32 Å². The van der Waals surface area contributed by atoms with Gasteiger partial charge in [-0.15, -0.1) is 0 Å². The largest absolute Gasteiger partial charge is 0.379 e. The first-order chi connectivity index (χ1) is 14.4. The lowest BCUT2D eigenvalue weighted by molar-refractivity contribution is -0.135. The molecule has 0 aromatic heterocycles. The number of carbonyl (C=O) groups excluding carboxylic acids is 2. The van der Waals surface area contributed by atoms with E-state index in [0.29, 0.717) is 45.8 Å². The second-order valence-electron chi connectivity index (χ2n) is 7.81. The van der Waals surface area contributed by atoms with Crippen molar-refractivity contribution in [2.45, 2.75) is 44.0 Å². The smallest absolute Gasteiger partial charge is 0.243 e. The molecule has 2 saturated heterocycles. The molecule has 0 radical (unpaired) electrons. The van der Waals surface area contributed by atoms with Crippen LogP contribution in [0.2, 0.25) is 0 Å². The summed E-state index contributed by atoms with van der Waals surface area (Å²) in [5.74, 6) is -0.137. The molecule has 8 nitrogen and oxygen atoms in total. The van der Waals surface area contributed by atoms with Gasteiger partial charge in [0.1, 0.15) is 0 Å². The van der Waals surface area contributed by atoms with E-state index in [0.717, 1.165) is 31.4 Å². The highest BCUT2D eigenvalue weighted by molar-refractivity contribution is 7.89. The Balaban J connectivity index is 1.53. The quantitative estimate of drug-likeness (QED) is 0.695. The van der Waals surface area contributed by atoms with E-state index >= 15 is 0 Å². The number of rotatable bonds is 7. The number of likely N-dealkylation sites (tertiary alicyclic amines) is 1. The zero-order chi connectivity index (χ0) is 21.6. The van der Waals surface area contributed by atoms with E-state index in [4.69, 9.17) is 4.74 Å². The lowest BCUT2D eigenvalue weighted by Crippen LogP contribution is -2.45. The minimum atomic E-state index is -3.52. The molecular formula is C21H31N3O5S. The Labute approximate surface area is 178 Å². The Morgan fingerprint density at radius 2 is 1.83 bits per heavy atom. The van der Waals surface area contributed by atoms with Crippen LogP contribution in [0.4, 0.5) is 0 Å². The SMILES string of the molecule is CCCC(=O)N1CCCC(C(=O)NCc2ccc(S(=O)(=O)N3CCOCC3)cc2)C1. The van der Waals surface area contributed by atoms with Crippen LogP contribution in [0.1, 0.15) is 38.2 Å². The van der Waals surface area contributed by atoms with Crippen molar-refractivity contribution >= 4 is 21.8 Å². The number of nitrogens with one attached hydrogen (secondary N) is 1. The molecule has 0 spiro atoms. The number of morpholine rings is 1. The van der Waals surface area contributed by atoms with Gasteiger partial charge in [0.2, 0.25) is 21.8 Å². The summed E-state index contributed by atoms with van der Waals surface area (Å²) >= 11 is 0. The number of hydrogen-bond donors (Lipinski definition) is 1. The third kappa shape index (κ3) is 5.59. The second kappa shape index (κ2) is 10.4. The van der Waals surface area contributed by atoms with Crippen LogP contribution < -0.4 is 5.32 Å². The molecule has 30 heavy (non-hydrogen) atoms. The molecule has 1 aromatic rings. The van der Waals surface area contributed by atoms with Crippen molar-refractivity contribution in [2.75, 3.05) is 39.4 Å². The Morgan fingerprint density at radius 3 is 2.50 bits per heavy atom. The predicted octanol–water partition coefficient (Wildman–Crippen LogP) is 1.36. The lowest BCUT2D eigenvalue weighted by Gasteiger charge is -2.32. The van der Waals surface area contributed by atoms with Gasteiger partial charge in [0.15, 0.2) is 0 Å². The van der Waals surface area contributed by atoms with Crippen LogP contribution in [0.3, 0.4) is 0 Å². The Hall–Kier alpha value is -1.97. The van der Waals surface area contributed by atoms with Crippen molar-refractivity contribution in [1.29, 1.82) is 0 Å². The number of benzene rings is 1. The third-order valence-electron chi connectivity index (χ3n) is 5.61. The third-order valence-corrected chi connectivity index (χ3v) is 7.52. The highest BCUT2D eigenvalue weighted by Crippen LogP contribution is 2.19. The number of amides is 2. The molecule has 2 fully saturated rings.